The van der Waals surface area contributed by atoms with Crippen molar-refractivity contribution in [1.82, 2.24) is 0 Å². The molecular formula is H12CrO6S. The fourth-order valence-electron chi connectivity index (χ4n) is 0. The van der Waals surface area contributed by atoms with Crippen LogP contribution in [-0.2, 0) is 14.6 Å². The quantitative estimate of drug-likeness (QED) is 0.368. The van der Waals surface area contributed by atoms with E-state index >= 15 is 0 Å². The van der Waals surface area contributed by atoms with E-state index < -0.39 is 0 Å². The van der Waals surface area contributed by atoms with Gasteiger partial charge >= 0.3 is 25.1 Å². The Balaban J connectivity index is -0.000000000333. The molecule has 8 heteroatoms. The molecule has 0 rings (SSSR count). The van der Waals surface area contributed by atoms with E-state index in [9.17, 15) is 0 Å². The molecular weight excluding hydrogens is 180 g/mol. The molecule has 6 nitrogen and oxygen atoms in total. The molecule has 8 heavy (non-hydrogen) atoms. The first-order valence-electron chi connectivity index (χ1n) is 0.167. The van der Waals surface area contributed by atoms with E-state index in [1.54, 1.807) is 0 Å². The van der Waals surface area contributed by atoms with Crippen LogP contribution in [0.25, 0.3) is 0 Å². The summed E-state index contributed by atoms with van der Waals surface area (Å²) in [5, 5.41) is 0. The average molecular weight is 192 g/mol. The minimum absolute atomic E-state index is 0. The molecule has 12 N–H and O–H groups in total. The second kappa shape index (κ2) is 1210. The molecule has 0 atom stereocenters. The van der Waals surface area contributed by atoms with Gasteiger partial charge in [-0.2, -0.15) is 0 Å². The molecule has 0 bridgehead atoms. The molecule has 60 valence electrons. The van der Waals surface area contributed by atoms with Gasteiger partial charge in [0.2, 0.25) is 0 Å². The fraction of sp³-hybridized carbons (Fsp3) is 0. The average Bonchev–Trinajstić information content (AvgIpc) is 1.00. The third-order valence-electron chi connectivity index (χ3n) is 0. The van der Waals surface area contributed by atoms with Gasteiger partial charge in [-0.25, -0.2) is 0 Å². The van der Waals surface area contributed by atoms with Gasteiger partial charge in [-0.15, -0.1) is 0 Å². The van der Waals surface area contributed by atoms with Gasteiger partial charge in [-0.1, -0.05) is 0 Å². The maximum atomic E-state index is 3.96. The third-order valence-corrected chi connectivity index (χ3v) is 0. The summed E-state index contributed by atoms with van der Waals surface area (Å²) < 4.78 is 0. The van der Waals surface area contributed by atoms with Crippen molar-refractivity contribution in [2.45, 2.75) is 0 Å². The molecule has 0 aromatic carbocycles. The molecule has 0 aromatic heterocycles. The zero-order valence-electron chi connectivity index (χ0n) is 3.82. The Morgan fingerprint density at radius 1 is 0.500 bits per heavy atom. The van der Waals surface area contributed by atoms with Gasteiger partial charge in [0.05, 0.1) is 0 Å². The van der Waals surface area contributed by atoms with Crippen LogP contribution < -0.4 is 0 Å². The second-order valence-electron chi connectivity index (χ2n) is 0. The van der Waals surface area contributed by atoms with Crippen molar-refractivity contribution in [3.05, 3.63) is 0 Å². The zero-order valence-corrected chi connectivity index (χ0v) is 5.91. The first-order valence-corrected chi connectivity index (χ1v) is 2.06. The standard InChI is InChI=1S/Cr.6H2O.S/h;6*1H2;. The monoisotopic (exact) mass is 192 g/mol. The van der Waals surface area contributed by atoms with Crippen LogP contribution in [0.3, 0.4) is 0 Å². The van der Waals surface area contributed by atoms with E-state index in [0.717, 1.165) is 0 Å². The van der Waals surface area contributed by atoms with Crippen molar-refractivity contribution in [2.75, 3.05) is 0 Å². The summed E-state index contributed by atoms with van der Waals surface area (Å²) in [6.07, 6.45) is 0. The van der Waals surface area contributed by atoms with Crippen LogP contribution in [0.4, 0.5) is 0 Å². The maximum absolute atomic E-state index is 3.96. The van der Waals surface area contributed by atoms with Crippen molar-refractivity contribution in [3.63, 3.8) is 0 Å². The van der Waals surface area contributed by atoms with Crippen LogP contribution >= 0.6 is 10.5 Å². The molecule has 0 fully saturated rings. The Bertz CT molecular complexity index is 8.49. The fourth-order valence-corrected chi connectivity index (χ4v) is 0. The van der Waals surface area contributed by atoms with Crippen molar-refractivity contribution < 1.29 is 47.5 Å². The Morgan fingerprint density at radius 2 is 0.500 bits per heavy atom. The van der Waals surface area contributed by atoms with Gasteiger partial charge in [0.1, 0.15) is 0 Å². The number of rotatable bonds is 0. The first-order chi connectivity index (χ1) is 1.00. The van der Waals surface area contributed by atoms with Gasteiger partial charge in [-0.3, -0.25) is 0 Å². The Labute approximate surface area is 58.6 Å². The summed E-state index contributed by atoms with van der Waals surface area (Å²) in [4.78, 5) is 0. The summed E-state index contributed by atoms with van der Waals surface area (Å²) in [6.45, 7) is 0. The molecule has 0 aliphatic rings. The van der Waals surface area contributed by atoms with E-state index in [1.165, 1.54) is 0 Å². The Hall–Kier alpha value is 0.512. The second-order valence-corrected chi connectivity index (χ2v) is 0. The molecule has 0 amide bonds. The van der Waals surface area contributed by atoms with Crippen LogP contribution in [0, 0.1) is 0 Å². The van der Waals surface area contributed by atoms with Gasteiger partial charge in [0, 0.05) is 0 Å². The molecule has 0 saturated heterocycles. The number of hydrogen-bond acceptors (Lipinski definition) is 1. The molecule has 0 heterocycles. The van der Waals surface area contributed by atoms with Crippen LogP contribution in [0.15, 0.2) is 0 Å². The summed E-state index contributed by atoms with van der Waals surface area (Å²) in [5.74, 6) is 0. The molecule has 0 saturated carbocycles. The third kappa shape index (κ3) is 754. The van der Waals surface area contributed by atoms with Crippen LogP contribution in [0.1, 0.15) is 0 Å². The Kier molecular flexibility index (Phi) is 31800. The van der Waals surface area contributed by atoms with Crippen LogP contribution in [0.2, 0.25) is 0 Å². The van der Waals surface area contributed by atoms with Gasteiger partial charge in [0.15, 0.2) is 0 Å². The molecule has 0 spiro atoms. The van der Waals surface area contributed by atoms with E-state index in [-0.39, 0.29) is 32.9 Å². The topological polar surface area (TPSA) is 189 Å². The molecule has 0 radical (unpaired) electrons. The SMILES string of the molecule is O.O.O.O.O.O.[S]=[Cr]. The molecule has 0 aliphatic heterocycles. The zero-order chi connectivity index (χ0) is 2.00. The summed E-state index contributed by atoms with van der Waals surface area (Å²) in [7, 11) is 3.96. The van der Waals surface area contributed by atoms with Crippen LogP contribution in [-0.4, -0.2) is 32.9 Å². The van der Waals surface area contributed by atoms with Gasteiger partial charge in [-0.05, 0) is 0 Å². The van der Waals surface area contributed by atoms with Crippen LogP contribution in [0.5, 0.6) is 0 Å². The molecule has 0 aliphatic carbocycles. The summed E-state index contributed by atoms with van der Waals surface area (Å²) in [5.41, 5.74) is 0. The van der Waals surface area contributed by atoms with E-state index in [0.29, 0.717) is 0 Å². The van der Waals surface area contributed by atoms with Crippen molar-refractivity contribution in [2.24, 2.45) is 0 Å². The predicted molar refractivity (Wildman–Crippen MR) is 29.3 cm³/mol. The van der Waals surface area contributed by atoms with Gasteiger partial charge < -0.3 is 32.9 Å². The normalized spacial score (nSPS) is 0.500. The van der Waals surface area contributed by atoms with Crippen molar-refractivity contribution in [1.29, 1.82) is 0 Å². The number of hydrogen-bond donors (Lipinski definition) is 0. The van der Waals surface area contributed by atoms with E-state index in [4.69, 9.17) is 0 Å². The summed E-state index contributed by atoms with van der Waals surface area (Å²) >= 11 is 2.21. The summed E-state index contributed by atoms with van der Waals surface area (Å²) in [6, 6.07) is 0. The molecule has 0 unspecified atom stereocenters. The Morgan fingerprint density at radius 3 is 0.500 bits per heavy atom. The van der Waals surface area contributed by atoms with Gasteiger partial charge in [0.25, 0.3) is 0 Å². The molecule has 0 aromatic rings. The first kappa shape index (κ1) is 210. The predicted octanol–water partition coefficient (Wildman–Crippen LogP) is -4.30. The van der Waals surface area contributed by atoms with Crippen molar-refractivity contribution >= 4 is 10.5 Å². The minimum atomic E-state index is 0. The van der Waals surface area contributed by atoms with E-state index in [2.05, 4.69) is 25.1 Å². The van der Waals surface area contributed by atoms with Crippen molar-refractivity contribution in [3.8, 4) is 0 Å². The van der Waals surface area contributed by atoms with E-state index in [1.807, 2.05) is 0 Å².